The van der Waals surface area contributed by atoms with Crippen LogP contribution in [0, 0.1) is 17.8 Å². The lowest BCUT2D eigenvalue weighted by atomic mass is 9.91. The number of aliphatic hydroxyl groups excluding tert-OH is 1. The van der Waals surface area contributed by atoms with Gasteiger partial charge in [-0.05, 0) is 63.6 Å². The SMILES string of the molecule is [2H]CN1CCC[C@@]1(C[2H])C(=O)N[C@H](C(=O)N(C)[C@H](C[C@@H](O)c1nc(C(=O)N[C@@H](Cc2ccccc2)C[C@H](C)C(=O)O)cs1)C(C)C)[C@@H](C)CC. The van der Waals surface area contributed by atoms with Gasteiger partial charge in [-0.25, -0.2) is 4.98 Å². The number of rotatable bonds is 17. The Kier molecular flexibility index (Phi) is 13.0. The van der Waals surface area contributed by atoms with Gasteiger partial charge in [0.1, 0.15) is 22.8 Å². The maximum absolute atomic E-state index is 14.1. The monoisotopic (exact) mass is 687 g/mol. The molecule has 3 amide bonds. The predicted molar refractivity (Wildman–Crippen MR) is 188 cm³/mol. The quantitative estimate of drug-likeness (QED) is 0.190. The maximum Gasteiger partial charge on any atom is 0.306 e. The number of thiazole rings is 1. The largest absolute Gasteiger partial charge is 0.481 e. The molecule has 2 heterocycles. The van der Waals surface area contributed by atoms with Crippen molar-refractivity contribution in [2.75, 3.05) is 20.6 Å². The lowest BCUT2D eigenvalue weighted by Gasteiger charge is -2.38. The fourth-order valence-electron chi connectivity index (χ4n) is 6.16. The zero-order chi connectivity index (χ0) is 37.2. The first-order valence-corrected chi connectivity index (χ1v) is 17.7. The Labute approximate surface area is 292 Å². The molecule has 1 fully saturated rings. The first-order valence-electron chi connectivity index (χ1n) is 18.2. The molecule has 48 heavy (non-hydrogen) atoms. The minimum atomic E-state index is -1.13. The van der Waals surface area contributed by atoms with Crippen LogP contribution in [-0.2, 0) is 20.8 Å². The van der Waals surface area contributed by atoms with Crippen LogP contribution in [0.1, 0.15) is 104 Å². The molecule has 0 saturated carbocycles. The molecule has 0 spiro atoms. The van der Waals surface area contributed by atoms with Gasteiger partial charge in [-0.3, -0.25) is 24.1 Å². The summed E-state index contributed by atoms with van der Waals surface area (Å²) in [5, 5.41) is 28.6. The van der Waals surface area contributed by atoms with Gasteiger partial charge < -0.3 is 25.7 Å². The third-order valence-corrected chi connectivity index (χ3v) is 10.6. The normalized spacial score (nSPS) is 20.9. The Hall–Kier alpha value is -3.35. The number of nitrogens with zero attached hydrogens (tertiary/aromatic N) is 3. The van der Waals surface area contributed by atoms with Crippen LogP contribution in [0.25, 0.3) is 0 Å². The van der Waals surface area contributed by atoms with Gasteiger partial charge in [-0.1, -0.05) is 71.4 Å². The number of aromatic nitrogens is 1. The topological polar surface area (TPSA) is 152 Å². The fraction of sp³-hybridized carbons (Fsp3) is 0.639. The number of hydrogen-bond donors (Lipinski definition) is 4. The van der Waals surface area contributed by atoms with Crippen LogP contribution < -0.4 is 10.6 Å². The van der Waals surface area contributed by atoms with Crippen LogP contribution in [0.5, 0.6) is 0 Å². The van der Waals surface area contributed by atoms with E-state index in [2.05, 4.69) is 15.6 Å². The number of nitrogens with one attached hydrogen (secondary N) is 2. The van der Waals surface area contributed by atoms with Crippen LogP contribution in [0.4, 0.5) is 0 Å². The molecule has 12 heteroatoms. The number of benzene rings is 1. The van der Waals surface area contributed by atoms with E-state index in [0.29, 0.717) is 37.2 Å². The summed E-state index contributed by atoms with van der Waals surface area (Å²) in [6, 6.07) is 7.77. The maximum atomic E-state index is 14.1. The number of likely N-dealkylation sites (tertiary alicyclic amines) is 1. The average Bonchev–Trinajstić information content (AvgIpc) is 3.77. The summed E-state index contributed by atoms with van der Waals surface area (Å²) in [5.41, 5.74) is -0.0556. The molecule has 2 aromatic rings. The number of aliphatic hydroxyl groups is 1. The molecule has 11 nitrogen and oxygen atoms in total. The highest BCUT2D eigenvalue weighted by Crippen LogP contribution is 2.30. The molecule has 1 saturated heterocycles. The number of amides is 3. The molecule has 0 unspecified atom stereocenters. The molecule has 0 radical (unpaired) electrons. The van der Waals surface area contributed by atoms with E-state index in [0.717, 1.165) is 16.9 Å². The first-order chi connectivity index (χ1) is 23.7. The molecule has 7 atom stereocenters. The molecule has 1 aliphatic heterocycles. The summed E-state index contributed by atoms with van der Waals surface area (Å²) in [4.78, 5) is 60.3. The zero-order valence-electron chi connectivity index (χ0n) is 31.1. The molecule has 3 rings (SSSR count). The Balaban J connectivity index is 1.74. The number of carboxylic acid groups (broad SMARTS) is 1. The molecule has 1 aromatic carbocycles. The van der Waals surface area contributed by atoms with Crippen molar-refractivity contribution in [3.05, 3.63) is 52.0 Å². The highest BCUT2D eigenvalue weighted by Gasteiger charge is 2.43. The molecule has 0 bridgehead atoms. The van der Waals surface area contributed by atoms with Gasteiger partial charge in [0.15, 0.2) is 0 Å². The summed E-state index contributed by atoms with van der Waals surface area (Å²) < 4.78 is 16.1. The van der Waals surface area contributed by atoms with E-state index >= 15 is 0 Å². The van der Waals surface area contributed by atoms with Gasteiger partial charge in [0, 0.05) is 33.7 Å². The van der Waals surface area contributed by atoms with Gasteiger partial charge in [0.25, 0.3) is 5.91 Å². The highest BCUT2D eigenvalue weighted by atomic mass is 32.1. The van der Waals surface area contributed by atoms with Crippen molar-refractivity contribution >= 4 is 35.0 Å². The molecule has 1 aromatic heterocycles. The van der Waals surface area contributed by atoms with Crippen molar-refractivity contribution < 1.29 is 32.1 Å². The van der Waals surface area contributed by atoms with E-state index < -0.39 is 53.5 Å². The van der Waals surface area contributed by atoms with Crippen LogP contribution in [-0.4, -0.2) is 93.0 Å². The Morgan fingerprint density at radius 2 is 1.83 bits per heavy atom. The van der Waals surface area contributed by atoms with E-state index in [9.17, 15) is 29.4 Å². The van der Waals surface area contributed by atoms with Gasteiger partial charge in [-0.15, -0.1) is 11.3 Å². The van der Waals surface area contributed by atoms with E-state index in [1.165, 1.54) is 0 Å². The highest BCUT2D eigenvalue weighted by molar-refractivity contribution is 7.09. The number of aliphatic carboxylic acids is 1. The van der Waals surface area contributed by atoms with Gasteiger partial charge in [0.05, 0.1) is 11.5 Å². The molecule has 0 aliphatic carbocycles. The average molecular weight is 688 g/mol. The van der Waals surface area contributed by atoms with Gasteiger partial charge in [-0.2, -0.15) is 0 Å². The standard InChI is InChI=1S/C36H55N5O6S/c1-9-23(4)30(39-35(47)36(6)16-13-17-40(36)7)33(44)41(8)28(22(2)3)20-29(42)32-38-27(21-48-32)31(43)37-26(18-24(5)34(45)46)19-25-14-11-10-12-15-25/h10-12,14-15,21-24,26,28-30,42H,9,13,16-20H2,1-8H3,(H,37,43)(H,39,47)(H,45,46)/t23-,24-,26+,28+,29+,30-,36-/m0/s1/i6D,7D. The summed E-state index contributed by atoms with van der Waals surface area (Å²) in [5.74, 6) is -3.05. The Bertz CT molecular complexity index is 1430. The third kappa shape index (κ3) is 9.85. The molecular weight excluding hydrogens is 630 g/mol. The molecule has 4 N–H and O–H groups in total. The molecular formula is C36H55N5O6S. The zero-order valence-corrected chi connectivity index (χ0v) is 30.0. The van der Waals surface area contributed by atoms with Crippen molar-refractivity contribution in [3.8, 4) is 0 Å². The van der Waals surface area contributed by atoms with Crippen molar-refractivity contribution in [1.82, 2.24) is 25.4 Å². The second-order valence-corrected chi connectivity index (χ2v) is 14.5. The van der Waals surface area contributed by atoms with Gasteiger partial charge in [0.2, 0.25) is 11.8 Å². The van der Waals surface area contributed by atoms with Crippen LogP contribution in [0.15, 0.2) is 35.7 Å². The number of likely N-dealkylation sites (N-methyl/N-ethyl adjacent to an activating group) is 2. The van der Waals surface area contributed by atoms with Crippen LogP contribution >= 0.6 is 11.3 Å². The van der Waals surface area contributed by atoms with E-state index in [1.54, 1.807) is 29.2 Å². The van der Waals surface area contributed by atoms with E-state index in [4.69, 9.17) is 2.74 Å². The number of carboxylic acids is 1. The predicted octanol–water partition coefficient (Wildman–Crippen LogP) is 4.52. The van der Waals surface area contributed by atoms with E-state index in [1.807, 2.05) is 58.0 Å². The number of carbonyl (C=O) groups excluding carboxylic acids is 3. The van der Waals surface area contributed by atoms with Crippen LogP contribution in [0.2, 0.25) is 0 Å². The van der Waals surface area contributed by atoms with Crippen molar-refractivity contribution in [2.45, 2.75) is 110 Å². The van der Waals surface area contributed by atoms with E-state index in [-0.39, 0.29) is 50.2 Å². The summed E-state index contributed by atoms with van der Waals surface area (Å²) in [6.45, 7) is 9.70. The molecule has 1 aliphatic rings. The Morgan fingerprint density at radius 1 is 1.12 bits per heavy atom. The lowest BCUT2D eigenvalue weighted by Crippen LogP contribution is -2.60. The minimum Gasteiger partial charge on any atom is -0.481 e. The minimum absolute atomic E-state index is 0.0715. The van der Waals surface area contributed by atoms with Crippen LogP contribution in [0.3, 0.4) is 0 Å². The van der Waals surface area contributed by atoms with Crippen molar-refractivity contribution in [2.24, 2.45) is 17.8 Å². The Morgan fingerprint density at radius 3 is 2.44 bits per heavy atom. The van der Waals surface area contributed by atoms with Crippen molar-refractivity contribution in [3.63, 3.8) is 0 Å². The van der Waals surface area contributed by atoms with Gasteiger partial charge >= 0.3 is 5.97 Å². The second kappa shape index (κ2) is 17.3. The summed E-state index contributed by atoms with van der Waals surface area (Å²) in [6.07, 6.45) is 1.54. The number of carbonyl (C=O) groups is 4. The third-order valence-electron chi connectivity index (χ3n) is 9.65. The summed E-state index contributed by atoms with van der Waals surface area (Å²) in [7, 11) is 1.57. The fourth-order valence-corrected chi connectivity index (χ4v) is 6.96. The summed E-state index contributed by atoms with van der Waals surface area (Å²) >= 11 is 1.14. The van der Waals surface area contributed by atoms with Crippen molar-refractivity contribution in [1.29, 1.82) is 0 Å². The second-order valence-electron chi connectivity index (χ2n) is 13.7. The molecule has 266 valence electrons. The lowest BCUT2D eigenvalue weighted by molar-refractivity contribution is -0.142. The first kappa shape index (κ1) is 35.9. The smallest absolute Gasteiger partial charge is 0.306 e. The number of hydrogen-bond acceptors (Lipinski definition) is 8.